The van der Waals surface area contributed by atoms with E-state index in [2.05, 4.69) is 31.4 Å². The molecule has 3 rings (SSSR count). The normalized spacial score (nSPS) is 29.2. The zero-order chi connectivity index (χ0) is 14.5. The molecule has 2 heterocycles. The highest BCUT2D eigenvalue weighted by Crippen LogP contribution is 2.39. The Morgan fingerprint density at radius 2 is 1.90 bits per heavy atom. The predicted octanol–water partition coefficient (Wildman–Crippen LogP) is 3.04. The van der Waals surface area contributed by atoms with Crippen molar-refractivity contribution in [1.29, 1.82) is 0 Å². The molecule has 4 heteroatoms. The average molecular weight is 293 g/mol. The lowest BCUT2D eigenvalue weighted by atomic mass is 9.76. The Morgan fingerprint density at radius 3 is 2.55 bits per heavy atom. The van der Waals surface area contributed by atoms with E-state index >= 15 is 0 Å². The maximum Gasteiger partial charge on any atom is 0.165 e. The largest absolute Gasteiger partial charge is 0.345 e. The van der Waals surface area contributed by atoms with Crippen LogP contribution in [-0.2, 0) is 17.2 Å². The van der Waals surface area contributed by atoms with Gasteiger partial charge in [0.25, 0.3) is 0 Å². The van der Waals surface area contributed by atoms with Crippen LogP contribution in [0.5, 0.6) is 0 Å². The fraction of sp³-hybridized carbons (Fsp3) is 0.688. The molecule has 0 aromatic carbocycles. The molecule has 1 aromatic heterocycles. The van der Waals surface area contributed by atoms with E-state index in [4.69, 9.17) is 0 Å². The molecule has 1 aliphatic carbocycles. The lowest BCUT2D eigenvalue weighted by molar-refractivity contribution is 0.0909. The number of aromatic nitrogens is 1. The molecule has 2 aliphatic rings. The highest BCUT2D eigenvalue weighted by Gasteiger charge is 2.35. The fourth-order valence-corrected chi connectivity index (χ4v) is 4.99. The number of aryl methyl sites for hydroxylation is 1. The first kappa shape index (κ1) is 14.1. The van der Waals surface area contributed by atoms with Gasteiger partial charge in [0.15, 0.2) is 5.78 Å². The minimum Gasteiger partial charge on any atom is -0.345 e. The van der Waals surface area contributed by atoms with Crippen LogP contribution >= 0.6 is 0 Å². The van der Waals surface area contributed by atoms with Crippen LogP contribution in [-0.4, -0.2) is 26.1 Å². The van der Waals surface area contributed by atoms with Gasteiger partial charge in [-0.15, -0.1) is 0 Å². The third-order valence-electron chi connectivity index (χ3n) is 4.64. The van der Waals surface area contributed by atoms with Crippen LogP contribution in [0.2, 0.25) is 0 Å². The van der Waals surface area contributed by atoms with Crippen LogP contribution in [0, 0.1) is 12.3 Å². The van der Waals surface area contributed by atoms with E-state index in [1.807, 2.05) is 0 Å². The van der Waals surface area contributed by atoms with Crippen molar-refractivity contribution < 1.29 is 9.00 Å². The predicted molar refractivity (Wildman–Crippen MR) is 81.7 cm³/mol. The van der Waals surface area contributed by atoms with Crippen molar-refractivity contribution in [2.45, 2.75) is 52.5 Å². The van der Waals surface area contributed by atoms with Gasteiger partial charge in [0.2, 0.25) is 0 Å². The van der Waals surface area contributed by atoms with E-state index in [9.17, 15) is 9.00 Å². The lowest BCUT2D eigenvalue weighted by Gasteiger charge is -2.33. The average Bonchev–Trinajstić information content (AvgIpc) is 2.66. The van der Waals surface area contributed by atoms with Gasteiger partial charge < -0.3 is 4.57 Å². The first-order valence-electron chi connectivity index (χ1n) is 7.46. The van der Waals surface area contributed by atoms with Gasteiger partial charge in [-0.3, -0.25) is 9.00 Å². The quantitative estimate of drug-likeness (QED) is 0.798. The molecule has 110 valence electrons. The number of ketones is 1. The van der Waals surface area contributed by atoms with Gasteiger partial charge in [-0.2, -0.15) is 0 Å². The second-order valence-electron chi connectivity index (χ2n) is 7.04. The van der Waals surface area contributed by atoms with E-state index in [1.165, 1.54) is 11.4 Å². The molecule has 1 saturated heterocycles. The third kappa shape index (κ3) is 2.39. The SMILES string of the molecule is Cc1cc2c(n1C1CCS(=O)CC1)CC(C)(C)CC2=O. The molecule has 1 aliphatic heterocycles. The molecule has 0 N–H and O–H groups in total. The summed E-state index contributed by atoms with van der Waals surface area (Å²) < 4.78 is 13.9. The van der Waals surface area contributed by atoms with Crippen LogP contribution in [0.3, 0.4) is 0 Å². The van der Waals surface area contributed by atoms with Gasteiger partial charge in [-0.1, -0.05) is 13.8 Å². The van der Waals surface area contributed by atoms with Crippen LogP contribution in [0.1, 0.15) is 60.9 Å². The first-order valence-corrected chi connectivity index (χ1v) is 8.95. The Hall–Kier alpha value is -0.900. The summed E-state index contributed by atoms with van der Waals surface area (Å²) >= 11 is 0. The number of carbonyl (C=O) groups is 1. The maximum atomic E-state index is 12.3. The molecule has 0 saturated carbocycles. The van der Waals surface area contributed by atoms with Crippen molar-refractivity contribution in [2.24, 2.45) is 5.41 Å². The van der Waals surface area contributed by atoms with Gasteiger partial charge in [0, 0.05) is 51.7 Å². The third-order valence-corrected chi connectivity index (χ3v) is 6.03. The second kappa shape index (κ2) is 4.83. The standard InChI is InChI=1S/C16H23NO2S/c1-11-8-13-14(9-16(2,3)10-15(13)18)17(11)12-4-6-20(19)7-5-12/h8,12H,4-7,9-10H2,1-3H3. The number of fused-ring (bicyclic) bond motifs is 1. The number of carbonyl (C=O) groups excluding carboxylic acids is 1. The smallest absolute Gasteiger partial charge is 0.165 e. The summed E-state index contributed by atoms with van der Waals surface area (Å²) in [5.74, 6) is 1.89. The molecule has 0 radical (unpaired) electrons. The zero-order valence-corrected chi connectivity index (χ0v) is 13.4. The Kier molecular flexibility index (Phi) is 3.39. The van der Waals surface area contributed by atoms with E-state index in [-0.39, 0.29) is 11.2 Å². The summed E-state index contributed by atoms with van der Waals surface area (Å²) in [6, 6.07) is 2.50. The van der Waals surface area contributed by atoms with E-state index in [0.717, 1.165) is 36.3 Å². The van der Waals surface area contributed by atoms with Gasteiger partial charge in [0.1, 0.15) is 0 Å². The second-order valence-corrected chi connectivity index (χ2v) is 8.73. The summed E-state index contributed by atoms with van der Waals surface area (Å²) in [7, 11) is -0.633. The van der Waals surface area contributed by atoms with Crippen LogP contribution in [0.15, 0.2) is 6.07 Å². The molecule has 20 heavy (non-hydrogen) atoms. The van der Waals surface area contributed by atoms with Crippen LogP contribution in [0.25, 0.3) is 0 Å². The molecule has 1 aromatic rings. The Labute approximate surface area is 123 Å². The minimum atomic E-state index is -0.633. The van der Waals surface area contributed by atoms with Gasteiger partial charge in [0.05, 0.1) is 0 Å². The molecule has 0 amide bonds. The zero-order valence-electron chi connectivity index (χ0n) is 12.6. The van der Waals surface area contributed by atoms with Gasteiger partial charge >= 0.3 is 0 Å². The van der Waals surface area contributed by atoms with E-state index in [1.54, 1.807) is 0 Å². The van der Waals surface area contributed by atoms with Crippen molar-refractivity contribution in [3.8, 4) is 0 Å². The first-order chi connectivity index (χ1) is 9.37. The molecule has 1 fully saturated rings. The van der Waals surface area contributed by atoms with Crippen molar-refractivity contribution in [2.75, 3.05) is 11.5 Å². The van der Waals surface area contributed by atoms with Crippen LogP contribution in [0.4, 0.5) is 0 Å². The Morgan fingerprint density at radius 1 is 1.25 bits per heavy atom. The summed E-state index contributed by atoms with van der Waals surface area (Å²) in [5, 5.41) is 0. The van der Waals surface area contributed by atoms with Crippen LogP contribution < -0.4 is 0 Å². The monoisotopic (exact) mass is 293 g/mol. The van der Waals surface area contributed by atoms with Gasteiger partial charge in [-0.25, -0.2) is 0 Å². The number of hydrogen-bond donors (Lipinski definition) is 0. The molecule has 0 unspecified atom stereocenters. The topological polar surface area (TPSA) is 39.1 Å². The number of nitrogens with zero attached hydrogens (tertiary/aromatic N) is 1. The fourth-order valence-electron chi connectivity index (χ4n) is 3.72. The van der Waals surface area contributed by atoms with Crippen molar-refractivity contribution in [3.05, 3.63) is 23.0 Å². The van der Waals surface area contributed by atoms with Gasteiger partial charge in [-0.05, 0) is 37.7 Å². The molecule has 0 atom stereocenters. The summed E-state index contributed by atoms with van der Waals surface area (Å²) in [4.78, 5) is 12.3. The number of Topliss-reactive ketones (excluding diaryl/α,β-unsaturated/α-hetero) is 1. The molecule has 0 spiro atoms. The molecule has 0 bridgehead atoms. The lowest BCUT2D eigenvalue weighted by Crippen LogP contribution is -2.30. The molecule has 3 nitrogen and oxygen atoms in total. The molecular formula is C16H23NO2S. The number of hydrogen-bond acceptors (Lipinski definition) is 2. The highest BCUT2D eigenvalue weighted by molar-refractivity contribution is 7.85. The maximum absolute atomic E-state index is 12.3. The van der Waals surface area contributed by atoms with Crippen molar-refractivity contribution in [3.63, 3.8) is 0 Å². The Balaban J connectivity index is 2.00. The minimum absolute atomic E-state index is 0.0596. The van der Waals surface area contributed by atoms with Crippen molar-refractivity contribution >= 4 is 16.6 Å². The number of rotatable bonds is 1. The van der Waals surface area contributed by atoms with E-state index < -0.39 is 10.8 Å². The highest BCUT2D eigenvalue weighted by atomic mass is 32.2. The summed E-state index contributed by atoms with van der Waals surface area (Å²) in [5.41, 5.74) is 3.41. The molecular weight excluding hydrogens is 270 g/mol. The van der Waals surface area contributed by atoms with Crippen molar-refractivity contribution in [1.82, 2.24) is 4.57 Å². The summed E-state index contributed by atoms with van der Waals surface area (Å²) in [6.07, 6.45) is 3.58. The Bertz CT molecular complexity index is 576. The summed E-state index contributed by atoms with van der Waals surface area (Å²) in [6.45, 7) is 6.46. The van der Waals surface area contributed by atoms with E-state index in [0.29, 0.717) is 12.5 Å².